The van der Waals surface area contributed by atoms with Crippen LogP contribution in [0.3, 0.4) is 0 Å². The van der Waals surface area contributed by atoms with E-state index in [1.165, 1.54) is 0 Å². The van der Waals surface area contributed by atoms with E-state index in [9.17, 15) is 4.79 Å². The van der Waals surface area contributed by atoms with Gasteiger partial charge in [-0.2, -0.15) is 0 Å². The molecule has 1 heterocycles. The second-order valence-corrected chi connectivity index (χ2v) is 5.08. The van der Waals surface area contributed by atoms with Crippen LogP contribution in [-0.4, -0.2) is 55.6 Å². The first-order valence-electron chi connectivity index (χ1n) is 5.59. The lowest BCUT2D eigenvalue weighted by Crippen LogP contribution is -2.42. The van der Waals surface area contributed by atoms with Gasteiger partial charge in [0.05, 0.1) is 12.2 Å². The van der Waals surface area contributed by atoms with Gasteiger partial charge in [-0.15, -0.1) is 0 Å². The second-order valence-electron chi connectivity index (χ2n) is 5.08. The topological polar surface area (TPSA) is 35.6 Å². The van der Waals surface area contributed by atoms with E-state index in [0.29, 0.717) is 5.92 Å². The van der Waals surface area contributed by atoms with Gasteiger partial charge in [-0.05, 0) is 26.4 Å². The molecule has 4 heteroatoms. The van der Waals surface area contributed by atoms with Gasteiger partial charge in [0.25, 0.3) is 0 Å². The van der Waals surface area contributed by atoms with Crippen LogP contribution in [0, 0.1) is 5.92 Å². The Labute approximate surface area is 92.6 Å². The highest BCUT2D eigenvalue weighted by molar-refractivity contribution is 5.84. The van der Waals surface area contributed by atoms with Gasteiger partial charge >= 0.3 is 0 Å². The number of hydrogen-bond donors (Lipinski definition) is 1. The molecule has 1 aliphatic rings. The Hall–Kier alpha value is -0.610. The van der Waals surface area contributed by atoms with E-state index in [1.807, 2.05) is 26.0 Å². The molecule has 1 fully saturated rings. The average molecular weight is 213 g/mol. The number of hydrogen-bond acceptors (Lipinski definition) is 3. The smallest absolute Gasteiger partial charge is 0.240 e. The van der Waals surface area contributed by atoms with Gasteiger partial charge in [-0.1, -0.05) is 13.8 Å². The summed E-state index contributed by atoms with van der Waals surface area (Å²) in [6, 6.07) is 0.0138. The molecule has 0 saturated carbocycles. The van der Waals surface area contributed by atoms with Crippen LogP contribution in [0.1, 0.15) is 20.3 Å². The molecule has 0 spiro atoms. The molecule has 0 radical (unpaired) electrons. The number of carbonyl (C=O) groups excluding carboxylic acids is 1. The minimum atomic E-state index is 0.0138. The van der Waals surface area contributed by atoms with E-state index in [4.69, 9.17) is 0 Å². The second kappa shape index (κ2) is 4.94. The lowest BCUT2D eigenvalue weighted by atomic mass is 10.0. The van der Waals surface area contributed by atoms with Crippen molar-refractivity contribution in [2.24, 2.45) is 5.92 Å². The lowest BCUT2D eigenvalue weighted by molar-refractivity contribution is -0.129. The van der Waals surface area contributed by atoms with Gasteiger partial charge in [-0.3, -0.25) is 10.1 Å². The summed E-state index contributed by atoms with van der Waals surface area (Å²) in [5.41, 5.74) is 0. The Balaban J connectivity index is 2.55. The molecule has 2 atom stereocenters. The fourth-order valence-corrected chi connectivity index (χ4v) is 1.98. The predicted octanol–water partition coefficient (Wildman–Crippen LogP) is 0.350. The highest BCUT2D eigenvalue weighted by Gasteiger charge is 2.36. The van der Waals surface area contributed by atoms with Crippen molar-refractivity contribution in [3.63, 3.8) is 0 Å². The van der Waals surface area contributed by atoms with Gasteiger partial charge in [0, 0.05) is 13.6 Å². The first-order valence-corrected chi connectivity index (χ1v) is 5.59. The Kier molecular flexibility index (Phi) is 4.11. The minimum Gasteiger partial charge on any atom is -0.328 e. The molecular formula is C11H23N3O. The number of amides is 1. The van der Waals surface area contributed by atoms with Crippen LogP contribution in [0.25, 0.3) is 0 Å². The average Bonchev–Trinajstić information content (AvgIpc) is 2.32. The van der Waals surface area contributed by atoms with Crippen LogP contribution >= 0.6 is 0 Å². The fourth-order valence-electron chi connectivity index (χ4n) is 1.98. The van der Waals surface area contributed by atoms with E-state index >= 15 is 0 Å². The first-order chi connectivity index (χ1) is 6.91. The molecule has 0 aromatic heterocycles. The molecule has 0 aromatic rings. The zero-order valence-electron chi connectivity index (χ0n) is 10.4. The van der Waals surface area contributed by atoms with Crippen LogP contribution in [0.15, 0.2) is 0 Å². The number of nitrogens with one attached hydrogen (secondary N) is 1. The molecule has 1 N–H and O–H groups in total. The van der Waals surface area contributed by atoms with Gasteiger partial charge in [0.15, 0.2) is 0 Å². The zero-order chi connectivity index (χ0) is 11.6. The third-order valence-electron chi connectivity index (χ3n) is 2.75. The number of likely N-dealkylation sites (N-methyl/N-ethyl adjacent to an activating group) is 2. The Morgan fingerprint density at radius 2 is 2.07 bits per heavy atom. The Morgan fingerprint density at radius 1 is 1.47 bits per heavy atom. The number of nitrogens with zero attached hydrogens (tertiary/aromatic N) is 2. The maximum atomic E-state index is 11.9. The van der Waals surface area contributed by atoms with Gasteiger partial charge in [-0.25, -0.2) is 0 Å². The largest absolute Gasteiger partial charge is 0.328 e. The van der Waals surface area contributed by atoms with E-state index in [-0.39, 0.29) is 18.1 Å². The standard InChI is InChI=1S/C11H23N3O/c1-8(2)6-9-11(15)14(5)10(12-9)7-13(3)4/h8-10,12H,6-7H2,1-5H3. The summed E-state index contributed by atoms with van der Waals surface area (Å²) < 4.78 is 0. The lowest BCUT2D eigenvalue weighted by Gasteiger charge is -2.22. The molecule has 0 aliphatic carbocycles. The third kappa shape index (κ3) is 3.18. The molecule has 0 bridgehead atoms. The van der Waals surface area contributed by atoms with Crippen LogP contribution in [0.5, 0.6) is 0 Å². The van der Waals surface area contributed by atoms with E-state index in [1.54, 1.807) is 0 Å². The summed E-state index contributed by atoms with van der Waals surface area (Å²) in [6.45, 7) is 5.17. The SMILES string of the molecule is CC(C)CC1NC(CN(C)C)N(C)C1=O. The maximum absolute atomic E-state index is 11.9. The van der Waals surface area contributed by atoms with Crippen molar-refractivity contribution in [1.29, 1.82) is 0 Å². The molecule has 1 rings (SSSR count). The Morgan fingerprint density at radius 3 is 2.53 bits per heavy atom. The van der Waals surface area contributed by atoms with Crippen molar-refractivity contribution >= 4 is 5.91 Å². The molecule has 88 valence electrons. The molecule has 1 aliphatic heterocycles. The van der Waals surface area contributed by atoms with Crippen molar-refractivity contribution in [1.82, 2.24) is 15.1 Å². The van der Waals surface area contributed by atoms with Crippen molar-refractivity contribution in [2.75, 3.05) is 27.7 Å². The normalized spacial score (nSPS) is 27.1. The molecule has 0 aromatic carbocycles. The predicted molar refractivity (Wildman–Crippen MR) is 61.5 cm³/mol. The number of carbonyl (C=O) groups is 1. The summed E-state index contributed by atoms with van der Waals surface area (Å²) in [7, 11) is 5.93. The summed E-state index contributed by atoms with van der Waals surface area (Å²) >= 11 is 0. The van der Waals surface area contributed by atoms with Crippen molar-refractivity contribution in [3.05, 3.63) is 0 Å². The summed E-state index contributed by atoms with van der Waals surface area (Å²) in [5, 5.41) is 3.39. The van der Waals surface area contributed by atoms with Crippen molar-refractivity contribution < 1.29 is 4.79 Å². The van der Waals surface area contributed by atoms with Crippen LogP contribution in [-0.2, 0) is 4.79 Å². The van der Waals surface area contributed by atoms with Crippen LogP contribution in [0.4, 0.5) is 0 Å². The first kappa shape index (κ1) is 12.5. The van der Waals surface area contributed by atoms with Gasteiger partial charge in [0.2, 0.25) is 5.91 Å². The minimum absolute atomic E-state index is 0.0138. The highest BCUT2D eigenvalue weighted by atomic mass is 16.2. The quantitative estimate of drug-likeness (QED) is 0.732. The molecular weight excluding hydrogens is 190 g/mol. The monoisotopic (exact) mass is 213 g/mol. The van der Waals surface area contributed by atoms with E-state index in [0.717, 1.165) is 13.0 Å². The number of rotatable bonds is 4. The van der Waals surface area contributed by atoms with Crippen molar-refractivity contribution in [3.8, 4) is 0 Å². The van der Waals surface area contributed by atoms with Crippen LogP contribution < -0.4 is 5.32 Å². The van der Waals surface area contributed by atoms with Crippen LogP contribution in [0.2, 0.25) is 0 Å². The highest BCUT2D eigenvalue weighted by Crippen LogP contribution is 2.15. The zero-order valence-corrected chi connectivity index (χ0v) is 10.4. The molecule has 1 amide bonds. The molecule has 4 nitrogen and oxygen atoms in total. The maximum Gasteiger partial charge on any atom is 0.240 e. The molecule has 1 saturated heterocycles. The summed E-state index contributed by atoms with van der Waals surface area (Å²) in [4.78, 5) is 15.8. The fraction of sp³-hybridized carbons (Fsp3) is 0.909. The summed E-state index contributed by atoms with van der Waals surface area (Å²) in [6.07, 6.45) is 1.09. The third-order valence-corrected chi connectivity index (χ3v) is 2.75. The summed E-state index contributed by atoms with van der Waals surface area (Å²) in [5.74, 6) is 0.786. The van der Waals surface area contributed by atoms with E-state index < -0.39 is 0 Å². The van der Waals surface area contributed by atoms with E-state index in [2.05, 4.69) is 24.1 Å². The molecule has 15 heavy (non-hydrogen) atoms. The van der Waals surface area contributed by atoms with Gasteiger partial charge < -0.3 is 9.80 Å². The van der Waals surface area contributed by atoms with Gasteiger partial charge in [0.1, 0.15) is 0 Å². The Bertz CT molecular complexity index is 228. The van der Waals surface area contributed by atoms with Crippen molar-refractivity contribution in [2.45, 2.75) is 32.5 Å². The molecule has 2 unspecified atom stereocenters.